The molecule has 0 aliphatic carbocycles. The van der Waals surface area contributed by atoms with E-state index >= 15 is 0 Å². The molecule has 1 aromatic rings. The number of thiazole rings is 1. The lowest BCUT2D eigenvalue weighted by atomic mass is 10.1. The van der Waals surface area contributed by atoms with Crippen molar-refractivity contribution in [2.75, 3.05) is 5.32 Å². The second-order valence-electron chi connectivity index (χ2n) is 2.88. The fourth-order valence-electron chi connectivity index (χ4n) is 0.965. The van der Waals surface area contributed by atoms with Crippen molar-refractivity contribution in [3.63, 3.8) is 0 Å². The zero-order chi connectivity index (χ0) is 9.84. The standard InChI is InChI=1S/C8H13ClN2OS/c1-3-6(12)5(2)10-8-11-7(9)4-13-8/h4-6,12H,3H2,1-2H3,(H,10,11). The van der Waals surface area contributed by atoms with Crippen molar-refractivity contribution in [1.82, 2.24) is 4.98 Å². The fourth-order valence-corrected chi connectivity index (χ4v) is 1.90. The van der Waals surface area contributed by atoms with Crippen LogP contribution in [0.5, 0.6) is 0 Å². The molecule has 13 heavy (non-hydrogen) atoms. The number of halogens is 1. The van der Waals surface area contributed by atoms with Gasteiger partial charge in [-0.05, 0) is 13.3 Å². The van der Waals surface area contributed by atoms with Gasteiger partial charge in [0, 0.05) is 5.38 Å². The molecular formula is C8H13ClN2OS. The van der Waals surface area contributed by atoms with E-state index in [1.165, 1.54) is 11.3 Å². The van der Waals surface area contributed by atoms with Crippen LogP contribution >= 0.6 is 22.9 Å². The number of aliphatic hydroxyl groups is 1. The first kappa shape index (κ1) is 10.8. The maximum absolute atomic E-state index is 9.48. The quantitative estimate of drug-likeness (QED) is 0.819. The molecule has 3 nitrogen and oxygen atoms in total. The van der Waals surface area contributed by atoms with E-state index in [-0.39, 0.29) is 12.1 Å². The van der Waals surface area contributed by atoms with Gasteiger partial charge in [-0.15, -0.1) is 11.3 Å². The third-order valence-electron chi connectivity index (χ3n) is 1.82. The van der Waals surface area contributed by atoms with Gasteiger partial charge in [0.05, 0.1) is 12.1 Å². The van der Waals surface area contributed by atoms with Gasteiger partial charge in [0.2, 0.25) is 0 Å². The van der Waals surface area contributed by atoms with Crippen LogP contribution in [-0.4, -0.2) is 22.2 Å². The molecule has 0 radical (unpaired) electrons. The van der Waals surface area contributed by atoms with Gasteiger partial charge in [0.15, 0.2) is 5.13 Å². The molecular weight excluding hydrogens is 208 g/mol. The highest BCUT2D eigenvalue weighted by atomic mass is 35.5. The van der Waals surface area contributed by atoms with E-state index < -0.39 is 0 Å². The van der Waals surface area contributed by atoms with Crippen molar-refractivity contribution in [3.8, 4) is 0 Å². The largest absolute Gasteiger partial charge is 0.391 e. The van der Waals surface area contributed by atoms with Crippen LogP contribution in [0.25, 0.3) is 0 Å². The second-order valence-corrected chi connectivity index (χ2v) is 4.13. The Balaban J connectivity index is 2.49. The number of hydrogen-bond acceptors (Lipinski definition) is 4. The van der Waals surface area contributed by atoms with Crippen molar-refractivity contribution in [2.45, 2.75) is 32.4 Å². The van der Waals surface area contributed by atoms with Crippen LogP contribution in [0.1, 0.15) is 20.3 Å². The predicted octanol–water partition coefficient (Wildman–Crippen LogP) is 2.37. The summed E-state index contributed by atoms with van der Waals surface area (Å²) in [6, 6.07) is 0.00668. The zero-order valence-corrected chi connectivity index (χ0v) is 9.19. The minimum Gasteiger partial charge on any atom is -0.391 e. The Morgan fingerprint density at radius 3 is 2.92 bits per heavy atom. The lowest BCUT2D eigenvalue weighted by Crippen LogP contribution is -2.29. The van der Waals surface area contributed by atoms with Gasteiger partial charge in [-0.1, -0.05) is 18.5 Å². The number of nitrogens with one attached hydrogen (secondary N) is 1. The maximum atomic E-state index is 9.48. The minimum atomic E-state index is -0.345. The molecule has 2 N–H and O–H groups in total. The Morgan fingerprint density at radius 1 is 1.77 bits per heavy atom. The van der Waals surface area contributed by atoms with E-state index in [1.54, 1.807) is 5.38 Å². The first-order valence-electron chi connectivity index (χ1n) is 4.19. The fraction of sp³-hybridized carbons (Fsp3) is 0.625. The summed E-state index contributed by atoms with van der Waals surface area (Å²) in [5, 5.41) is 15.6. The molecule has 0 aliphatic heterocycles. The van der Waals surface area contributed by atoms with Gasteiger partial charge >= 0.3 is 0 Å². The lowest BCUT2D eigenvalue weighted by Gasteiger charge is -2.17. The molecule has 5 heteroatoms. The van der Waals surface area contributed by atoms with E-state index in [0.717, 1.165) is 11.6 Å². The zero-order valence-electron chi connectivity index (χ0n) is 7.62. The molecule has 2 atom stereocenters. The topological polar surface area (TPSA) is 45.1 Å². The summed E-state index contributed by atoms with van der Waals surface area (Å²) in [5.74, 6) is 0. The van der Waals surface area contributed by atoms with Crippen molar-refractivity contribution in [1.29, 1.82) is 0 Å². The van der Waals surface area contributed by atoms with Crippen LogP contribution in [0.3, 0.4) is 0 Å². The Kier molecular flexibility index (Phi) is 3.96. The molecule has 2 unspecified atom stereocenters. The first-order chi connectivity index (χ1) is 6.13. The summed E-state index contributed by atoms with van der Waals surface area (Å²) >= 11 is 7.09. The summed E-state index contributed by atoms with van der Waals surface area (Å²) in [4.78, 5) is 4.03. The van der Waals surface area contributed by atoms with Gasteiger partial charge in [0.1, 0.15) is 5.15 Å². The molecule has 0 amide bonds. The summed E-state index contributed by atoms with van der Waals surface area (Å²) in [6.07, 6.45) is 0.385. The van der Waals surface area contributed by atoms with Gasteiger partial charge in [-0.3, -0.25) is 0 Å². The van der Waals surface area contributed by atoms with Crippen molar-refractivity contribution >= 4 is 28.1 Å². The first-order valence-corrected chi connectivity index (χ1v) is 5.45. The maximum Gasteiger partial charge on any atom is 0.184 e. The Bertz CT molecular complexity index is 266. The molecule has 0 aromatic carbocycles. The Morgan fingerprint density at radius 2 is 2.46 bits per heavy atom. The van der Waals surface area contributed by atoms with Gasteiger partial charge in [-0.2, -0.15) is 0 Å². The highest BCUT2D eigenvalue weighted by molar-refractivity contribution is 7.14. The lowest BCUT2D eigenvalue weighted by molar-refractivity contribution is 0.154. The molecule has 0 saturated carbocycles. The van der Waals surface area contributed by atoms with Crippen LogP contribution in [0.4, 0.5) is 5.13 Å². The van der Waals surface area contributed by atoms with Crippen LogP contribution < -0.4 is 5.32 Å². The van der Waals surface area contributed by atoms with E-state index in [9.17, 15) is 5.11 Å². The number of aliphatic hydroxyl groups excluding tert-OH is 1. The third-order valence-corrected chi connectivity index (χ3v) is 2.92. The predicted molar refractivity (Wildman–Crippen MR) is 56.5 cm³/mol. The average molecular weight is 221 g/mol. The van der Waals surface area contributed by atoms with E-state index in [1.807, 2.05) is 13.8 Å². The highest BCUT2D eigenvalue weighted by Gasteiger charge is 2.12. The van der Waals surface area contributed by atoms with E-state index in [0.29, 0.717) is 5.15 Å². The van der Waals surface area contributed by atoms with Gasteiger partial charge < -0.3 is 10.4 Å². The molecule has 1 rings (SSSR count). The van der Waals surface area contributed by atoms with Crippen molar-refractivity contribution < 1.29 is 5.11 Å². The molecule has 0 bridgehead atoms. The molecule has 1 aromatic heterocycles. The monoisotopic (exact) mass is 220 g/mol. The molecule has 0 spiro atoms. The minimum absolute atomic E-state index is 0.00668. The molecule has 0 saturated heterocycles. The number of aromatic nitrogens is 1. The number of hydrogen-bond donors (Lipinski definition) is 2. The summed E-state index contributed by atoms with van der Waals surface area (Å²) < 4.78 is 0. The summed E-state index contributed by atoms with van der Waals surface area (Å²) in [6.45, 7) is 3.86. The molecule has 74 valence electrons. The third kappa shape index (κ3) is 3.14. The van der Waals surface area contributed by atoms with E-state index in [2.05, 4.69) is 10.3 Å². The smallest absolute Gasteiger partial charge is 0.184 e. The highest BCUT2D eigenvalue weighted by Crippen LogP contribution is 2.20. The normalized spacial score (nSPS) is 15.4. The van der Waals surface area contributed by atoms with Gasteiger partial charge in [0.25, 0.3) is 0 Å². The van der Waals surface area contributed by atoms with Crippen LogP contribution in [0.15, 0.2) is 5.38 Å². The molecule has 0 fully saturated rings. The van der Waals surface area contributed by atoms with Crippen LogP contribution in [-0.2, 0) is 0 Å². The van der Waals surface area contributed by atoms with E-state index in [4.69, 9.17) is 11.6 Å². The number of rotatable bonds is 4. The summed E-state index contributed by atoms with van der Waals surface area (Å²) in [7, 11) is 0. The molecule has 1 heterocycles. The Hall–Kier alpha value is -0.320. The average Bonchev–Trinajstić information content (AvgIpc) is 2.49. The van der Waals surface area contributed by atoms with Crippen molar-refractivity contribution in [3.05, 3.63) is 10.5 Å². The van der Waals surface area contributed by atoms with Crippen LogP contribution in [0.2, 0.25) is 5.15 Å². The van der Waals surface area contributed by atoms with Crippen LogP contribution in [0, 0.1) is 0 Å². The molecule has 0 aliphatic rings. The van der Waals surface area contributed by atoms with Crippen molar-refractivity contribution in [2.24, 2.45) is 0 Å². The van der Waals surface area contributed by atoms with Gasteiger partial charge in [-0.25, -0.2) is 4.98 Å². The second kappa shape index (κ2) is 4.79. The summed E-state index contributed by atoms with van der Waals surface area (Å²) in [5.41, 5.74) is 0. The SMILES string of the molecule is CCC(O)C(C)Nc1nc(Cl)cs1. The Labute approximate surface area is 86.8 Å². The number of nitrogens with zero attached hydrogens (tertiary/aromatic N) is 1. The number of anilines is 1.